The molecular weight excluding hydrogens is 229 g/mol. The van der Waals surface area contributed by atoms with Gasteiger partial charge in [-0.3, -0.25) is 0 Å². The summed E-state index contributed by atoms with van der Waals surface area (Å²) in [6.45, 7) is 1.09. The third-order valence-corrected chi connectivity index (χ3v) is 2.74. The largest absolute Gasteiger partial charge is 0.489 e. The van der Waals surface area contributed by atoms with Crippen molar-refractivity contribution in [2.24, 2.45) is 5.73 Å². The first kappa shape index (κ1) is 12.6. The van der Waals surface area contributed by atoms with E-state index >= 15 is 0 Å². The van der Waals surface area contributed by atoms with Crippen molar-refractivity contribution in [2.75, 3.05) is 6.54 Å². The molecule has 0 aromatic heterocycles. The summed E-state index contributed by atoms with van der Waals surface area (Å²) in [6.07, 6.45) is 0.836. The smallest absolute Gasteiger partial charge is 0.123 e. The van der Waals surface area contributed by atoms with Gasteiger partial charge in [-0.1, -0.05) is 24.3 Å². The molecule has 3 heteroatoms. The van der Waals surface area contributed by atoms with Crippen molar-refractivity contribution in [1.82, 2.24) is 0 Å². The Balaban J connectivity index is 2.03. The zero-order chi connectivity index (χ0) is 12.8. The molecule has 0 amide bonds. The van der Waals surface area contributed by atoms with Crippen LogP contribution in [0.25, 0.3) is 0 Å². The molecule has 18 heavy (non-hydrogen) atoms. The molecule has 0 fully saturated rings. The van der Waals surface area contributed by atoms with Crippen molar-refractivity contribution in [1.29, 1.82) is 0 Å². The van der Waals surface area contributed by atoms with E-state index in [1.807, 2.05) is 18.2 Å². The number of nitrogens with two attached hydrogens (primary N) is 1. The van der Waals surface area contributed by atoms with E-state index in [9.17, 15) is 4.39 Å². The molecule has 0 unspecified atom stereocenters. The molecule has 2 N–H and O–H groups in total. The van der Waals surface area contributed by atoms with Crippen LogP contribution in [0.5, 0.6) is 5.75 Å². The topological polar surface area (TPSA) is 35.2 Å². The molecule has 0 atom stereocenters. The van der Waals surface area contributed by atoms with Crippen LogP contribution in [0, 0.1) is 5.82 Å². The average Bonchev–Trinajstić information content (AvgIpc) is 2.40. The van der Waals surface area contributed by atoms with E-state index in [0.717, 1.165) is 12.0 Å². The van der Waals surface area contributed by atoms with Crippen molar-refractivity contribution in [3.63, 3.8) is 0 Å². The fourth-order valence-corrected chi connectivity index (χ4v) is 1.79. The maximum absolute atomic E-state index is 12.7. The summed E-state index contributed by atoms with van der Waals surface area (Å²) in [6, 6.07) is 14.1. The first-order chi connectivity index (χ1) is 8.79. The number of hydrogen-bond acceptors (Lipinski definition) is 2. The SMILES string of the molecule is NCCc1ccccc1COc1ccc(F)cc1. The van der Waals surface area contributed by atoms with Gasteiger partial charge in [0.05, 0.1) is 0 Å². The van der Waals surface area contributed by atoms with Crippen LogP contribution in [0.15, 0.2) is 48.5 Å². The highest BCUT2D eigenvalue weighted by Crippen LogP contribution is 2.15. The molecule has 0 heterocycles. The standard InChI is InChI=1S/C15H16FNO/c16-14-5-7-15(8-6-14)18-11-13-4-2-1-3-12(13)9-10-17/h1-8H,9-11,17H2. The molecule has 0 saturated heterocycles. The van der Waals surface area contributed by atoms with Crippen molar-refractivity contribution in [2.45, 2.75) is 13.0 Å². The van der Waals surface area contributed by atoms with Crippen LogP contribution >= 0.6 is 0 Å². The Labute approximate surface area is 106 Å². The van der Waals surface area contributed by atoms with E-state index in [0.29, 0.717) is 18.9 Å². The normalized spacial score (nSPS) is 10.3. The molecule has 2 nitrogen and oxygen atoms in total. The summed E-state index contributed by atoms with van der Waals surface area (Å²) < 4.78 is 18.4. The lowest BCUT2D eigenvalue weighted by molar-refractivity contribution is 0.304. The highest BCUT2D eigenvalue weighted by Gasteiger charge is 2.02. The number of hydrogen-bond donors (Lipinski definition) is 1. The van der Waals surface area contributed by atoms with Crippen LogP contribution in [-0.2, 0) is 13.0 Å². The van der Waals surface area contributed by atoms with E-state index in [4.69, 9.17) is 10.5 Å². The molecule has 2 aromatic rings. The van der Waals surface area contributed by atoms with Gasteiger partial charge in [-0.2, -0.15) is 0 Å². The number of halogens is 1. The van der Waals surface area contributed by atoms with Crippen LogP contribution in [0.3, 0.4) is 0 Å². The lowest BCUT2D eigenvalue weighted by atomic mass is 10.1. The minimum atomic E-state index is -0.258. The maximum Gasteiger partial charge on any atom is 0.123 e. The molecule has 0 saturated carbocycles. The van der Waals surface area contributed by atoms with Gasteiger partial charge < -0.3 is 10.5 Å². The van der Waals surface area contributed by atoms with Gasteiger partial charge in [-0.15, -0.1) is 0 Å². The molecule has 0 aliphatic rings. The molecule has 0 bridgehead atoms. The van der Waals surface area contributed by atoms with E-state index < -0.39 is 0 Å². The van der Waals surface area contributed by atoms with Gasteiger partial charge in [0.15, 0.2) is 0 Å². The summed E-state index contributed by atoms with van der Waals surface area (Å²) in [7, 11) is 0. The number of rotatable bonds is 5. The Morgan fingerprint density at radius 2 is 1.61 bits per heavy atom. The van der Waals surface area contributed by atoms with Gasteiger partial charge >= 0.3 is 0 Å². The quantitative estimate of drug-likeness (QED) is 0.879. The number of benzene rings is 2. The van der Waals surface area contributed by atoms with Crippen molar-refractivity contribution in [3.05, 3.63) is 65.5 Å². The van der Waals surface area contributed by atoms with Crippen LogP contribution < -0.4 is 10.5 Å². The summed E-state index contributed by atoms with van der Waals surface area (Å²) >= 11 is 0. The predicted molar refractivity (Wildman–Crippen MR) is 69.9 cm³/mol. The summed E-state index contributed by atoms with van der Waals surface area (Å²) in [5, 5.41) is 0. The molecule has 0 aliphatic heterocycles. The third kappa shape index (κ3) is 3.31. The second-order valence-electron chi connectivity index (χ2n) is 4.05. The van der Waals surface area contributed by atoms with Gasteiger partial charge in [0.2, 0.25) is 0 Å². The minimum Gasteiger partial charge on any atom is -0.489 e. The van der Waals surface area contributed by atoms with Crippen LogP contribution in [-0.4, -0.2) is 6.54 Å². The van der Waals surface area contributed by atoms with Gasteiger partial charge in [0.1, 0.15) is 18.2 Å². The zero-order valence-electron chi connectivity index (χ0n) is 10.1. The van der Waals surface area contributed by atoms with E-state index in [2.05, 4.69) is 6.07 Å². The second kappa shape index (κ2) is 6.17. The first-order valence-corrected chi connectivity index (χ1v) is 5.95. The highest BCUT2D eigenvalue weighted by atomic mass is 19.1. The molecule has 0 aliphatic carbocycles. The molecule has 2 rings (SSSR count). The predicted octanol–water partition coefficient (Wildman–Crippen LogP) is 2.91. The van der Waals surface area contributed by atoms with Crippen LogP contribution in [0.1, 0.15) is 11.1 Å². The minimum absolute atomic E-state index is 0.258. The Morgan fingerprint density at radius 1 is 0.944 bits per heavy atom. The van der Waals surface area contributed by atoms with Gasteiger partial charge in [0.25, 0.3) is 0 Å². The van der Waals surface area contributed by atoms with Crippen molar-refractivity contribution >= 4 is 0 Å². The van der Waals surface area contributed by atoms with Crippen LogP contribution in [0.4, 0.5) is 4.39 Å². The Morgan fingerprint density at radius 3 is 2.28 bits per heavy atom. The number of ether oxygens (including phenoxy) is 1. The van der Waals surface area contributed by atoms with Crippen molar-refractivity contribution < 1.29 is 9.13 Å². The first-order valence-electron chi connectivity index (χ1n) is 5.95. The molecule has 94 valence electrons. The summed E-state index contributed by atoms with van der Waals surface area (Å²) in [5.74, 6) is 0.407. The van der Waals surface area contributed by atoms with Crippen molar-refractivity contribution in [3.8, 4) is 5.75 Å². The summed E-state index contributed by atoms with van der Waals surface area (Å²) in [4.78, 5) is 0. The Hall–Kier alpha value is -1.87. The van der Waals surface area contributed by atoms with Crippen LogP contribution in [0.2, 0.25) is 0 Å². The van der Waals surface area contributed by atoms with Gasteiger partial charge in [0, 0.05) is 0 Å². The molecule has 2 aromatic carbocycles. The van der Waals surface area contributed by atoms with E-state index in [1.165, 1.54) is 17.7 Å². The monoisotopic (exact) mass is 245 g/mol. The van der Waals surface area contributed by atoms with E-state index in [1.54, 1.807) is 12.1 Å². The fourth-order valence-electron chi connectivity index (χ4n) is 1.79. The Kier molecular flexibility index (Phi) is 4.31. The maximum atomic E-state index is 12.7. The second-order valence-corrected chi connectivity index (χ2v) is 4.05. The molecule has 0 spiro atoms. The lowest BCUT2D eigenvalue weighted by Gasteiger charge is -2.10. The molecular formula is C15H16FNO. The zero-order valence-corrected chi connectivity index (χ0v) is 10.1. The lowest BCUT2D eigenvalue weighted by Crippen LogP contribution is -2.06. The van der Waals surface area contributed by atoms with Gasteiger partial charge in [-0.25, -0.2) is 4.39 Å². The third-order valence-electron chi connectivity index (χ3n) is 2.74. The Bertz CT molecular complexity index is 496. The van der Waals surface area contributed by atoms with E-state index in [-0.39, 0.29) is 5.82 Å². The highest BCUT2D eigenvalue weighted by molar-refractivity contribution is 5.28. The average molecular weight is 245 g/mol. The van der Waals surface area contributed by atoms with Gasteiger partial charge in [-0.05, 0) is 48.4 Å². The fraction of sp³-hybridized carbons (Fsp3) is 0.200. The summed E-state index contributed by atoms with van der Waals surface area (Å²) in [5.41, 5.74) is 7.89. The molecule has 0 radical (unpaired) electrons.